The lowest BCUT2D eigenvalue weighted by Crippen LogP contribution is -2.18. The lowest BCUT2D eigenvalue weighted by molar-refractivity contribution is 0.431. The smallest absolute Gasteiger partial charge is 0.208 e. The summed E-state index contributed by atoms with van der Waals surface area (Å²) in [5, 5.41) is 3.28. The molecule has 2 rings (SSSR count). The highest BCUT2D eigenvalue weighted by molar-refractivity contribution is 9.10. The van der Waals surface area contributed by atoms with E-state index in [1.165, 1.54) is 12.1 Å². The molecule has 1 aromatic carbocycles. The van der Waals surface area contributed by atoms with Crippen LogP contribution in [-0.4, -0.2) is 4.98 Å². The Kier molecular flexibility index (Phi) is 4.14. The Morgan fingerprint density at radius 3 is 2.89 bits per heavy atom. The summed E-state index contributed by atoms with van der Waals surface area (Å²) in [7, 11) is 0. The molecule has 1 unspecified atom stereocenters. The number of oxazole rings is 1. The number of hydrogen-bond acceptors (Lipinski definition) is 3. The van der Waals surface area contributed by atoms with Gasteiger partial charge in [-0.2, -0.15) is 0 Å². The Balaban J connectivity index is 2.01. The molecule has 2 aromatic rings. The van der Waals surface area contributed by atoms with Crippen molar-refractivity contribution in [1.29, 1.82) is 0 Å². The second-order valence-corrected chi connectivity index (χ2v) is 4.99. The number of nitrogens with one attached hydrogen (secondary N) is 1. The summed E-state index contributed by atoms with van der Waals surface area (Å²) < 4.78 is 19.1. The SMILES string of the molecule is Cc1cnc(CNC(C)c2ccc(F)cc2Br)o1. The fraction of sp³-hybridized carbons (Fsp3) is 0.308. The summed E-state index contributed by atoms with van der Waals surface area (Å²) in [6.07, 6.45) is 1.69. The van der Waals surface area contributed by atoms with Crippen LogP contribution < -0.4 is 5.32 Å². The van der Waals surface area contributed by atoms with E-state index in [0.29, 0.717) is 12.4 Å². The largest absolute Gasteiger partial charge is 0.445 e. The van der Waals surface area contributed by atoms with Gasteiger partial charge in [0.2, 0.25) is 5.89 Å². The number of rotatable bonds is 4. The first-order valence-electron chi connectivity index (χ1n) is 5.66. The van der Waals surface area contributed by atoms with Crippen LogP contribution in [0.2, 0.25) is 0 Å². The molecule has 0 saturated heterocycles. The van der Waals surface area contributed by atoms with Gasteiger partial charge < -0.3 is 9.73 Å². The normalized spacial score (nSPS) is 12.7. The first kappa shape index (κ1) is 13.2. The van der Waals surface area contributed by atoms with Gasteiger partial charge in [0.15, 0.2) is 0 Å². The Labute approximate surface area is 114 Å². The number of hydrogen-bond donors (Lipinski definition) is 1. The summed E-state index contributed by atoms with van der Waals surface area (Å²) in [5.74, 6) is 1.20. The Morgan fingerprint density at radius 1 is 1.50 bits per heavy atom. The molecule has 0 saturated carbocycles. The second-order valence-electron chi connectivity index (χ2n) is 4.13. The monoisotopic (exact) mass is 312 g/mol. The standard InChI is InChI=1S/C13H14BrFN2O/c1-8-6-17-13(18-8)7-16-9(2)11-4-3-10(15)5-12(11)14/h3-6,9,16H,7H2,1-2H3. The third kappa shape index (κ3) is 3.17. The quantitative estimate of drug-likeness (QED) is 0.934. The van der Waals surface area contributed by atoms with Gasteiger partial charge in [-0.3, -0.25) is 0 Å². The molecule has 0 spiro atoms. The predicted molar refractivity (Wildman–Crippen MR) is 70.6 cm³/mol. The number of benzene rings is 1. The molecule has 1 heterocycles. The molecule has 1 atom stereocenters. The first-order chi connectivity index (χ1) is 8.56. The van der Waals surface area contributed by atoms with Crippen LogP contribution in [0.1, 0.15) is 30.2 Å². The molecular weight excluding hydrogens is 299 g/mol. The molecule has 96 valence electrons. The minimum absolute atomic E-state index is 0.0761. The minimum atomic E-state index is -0.249. The highest BCUT2D eigenvalue weighted by Crippen LogP contribution is 2.24. The van der Waals surface area contributed by atoms with Crippen LogP contribution in [0.4, 0.5) is 4.39 Å². The molecule has 0 bridgehead atoms. The maximum Gasteiger partial charge on any atom is 0.208 e. The molecule has 3 nitrogen and oxygen atoms in total. The molecule has 18 heavy (non-hydrogen) atoms. The van der Waals surface area contributed by atoms with Crippen molar-refractivity contribution < 1.29 is 8.81 Å². The highest BCUT2D eigenvalue weighted by Gasteiger charge is 2.10. The van der Waals surface area contributed by atoms with E-state index in [2.05, 4.69) is 26.2 Å². The fourth-order valence-electron chi connectivity index (χ4n) is 1.69. The number of aryl methyl sites for hydroxylation is 1. The average Bonchev–Trinajstić information content (AvgIpc) is 2.72. The van der Waals surface area contributed by atoms with Crippen molar-refractivity contribution in [3.8, 4) is 0 Å². The molecule has 0 aliphatic heterocycles. The van der Waals surface area contributed by atoms with Gasteiger partial charge in [0.25, 0.3) is 0 Å². The van der Waals surface area contributed by atoms with Crippen molar-refractivity contribution in [2.24, 2.45) is 0 Å². The fourth-order valence-corrected chi connectivity index (χ4v) is 2.38. The van der Waals surface area contributed by atoms with E-state index in [1.54, 1.807) is 12.3 Å². The predicted octanol–water partition coefficient (Wildman–Crippen LogP) is 3.74. The Morgan fingerprint density at radius 2 is 2.28 bits per heavy atom. The van der Waals surface area contributed by atoms with Gasteiger partial charge in [-0.25, -0.2) is 9.37 Å². The van der Waals surface area contributed by atoms with Crippen LogP contribution in [0.3, 0.4) is 0 Å². The molecule has 1 aromatic heterocycles. The van der Waals surface area contributed by atoms with E-state index in [-0.39, 0.29) is 11.9 Å². The molecule has 0 radical (unpaired) electrons. The zero-order valence-electron chi connectivity index (χ0n) is 10.2. The zero-order chi connectivity index (χ0) is 13.1. The van der Waals surface area contributed by atoms with Crippen molar-refractivity contribution in [1.82, 2.24) is 10.3 Å². The summed E-state index contributed by atoms with van der Waals surface area (Å²) in [4.78, 5) is 4.12. The number of aromatic nitrogens is 1. The van der Waals surface area contributed by atoms with Gasteiger partial charge in [0.05, 0.1) is 12.7 Å². The zero-order valence-corrected chi connectivity index (χ0v) is 11.8. The summed E-state index contributed by atoms with van der Waals surface area (Å²) in [6, 6.07) is 4.75. The maximum atomic E-state index is 13.0. The van der Waals surface area contributed by atoms with E-state index in [4.69, 9.17) is 4.42 Å². The topological polar surface area (TPSA) is 38.1 Å². The number of nitrogens with zero attached hydrogens (tertiary/aromatic N) is 1. The van der Waals surface area contributed by atoms with E-state index in [1.807, 2.05) is 13.8 Å². The van der Waals surface area contributed by atoms with E-state index >= 15 is 0 Å². The van der Waals surface area contributed by atoms with Gasteiger partial charge in [-0.15, -0.1) is 0 Å². The van der Waals surface area contributed by atoms with Crippen LogP contribution in [-0.2, 0) is 6.54 Å². The third-order valence-electron chi connectivity index (χ3n) is 2.66. The summed E-state index contributed by atoms with van der Waals surface area (Å²) in [5.41, 5.74) is 1.000. The van der Waals surface area contributed by atoms with Crippen molar-refractivity contribution in [2.45, 2.75) is 26.4 Å². The highest BCUT2D eigenvalue weighted by atomic mass is 79.9. The van der Waals surface area contributed by atoms with Crippen LogP contribution in [0.5, 0.6) is 0 Å². The van der Waals surface area contributed by atoms with Gasteiger partial charge in [0, 0.05) is 10.5 Å². The van der Waals surface area contributed by atoms with Gasteiger partial charge in [-0.1, -0.05) is 22.0 Å². The second kappa shape index (κ2) is 5.63. The van der Waals surface area contributed by atoms with Gasteiger partial charge in [-0.05, 0) is 31.5 Å². The van der Waals surface area contributed by atoms with E-state index < -0.39 is 0 Å². The van der Waals surface area contributed by atoms with Crippen LogP contribution in [0, 0.1) is 12.7 Å². The number of halogens is 2. The molecule has 1 N–H and O–H groups in total. The Hall–Kier alpha value is -1.20. The van der Waals surface area contributed by atoms with Crippen molar-refractivity contribution in [3.05, 3.63) is 51.9 Å². The van der Waals surface area contributed by atoms with Crippen molar-refractivity contribution >= 4 is 15.9 Å². The van der Waals surface area contributed by atoms with E-state index in [0.717, 1.165) is 15.8 Å². The molecule has 0 amide bonds. The molecular formula is C13H14BrFN2O. The van der Waals surface area contributed by atoms with Crippen LogP contribution >= 0.6 is 15.9 Å². The third-order valence-corrected chi connectivity index (χ3v) is 3.34. The minimum Gasteiger partial charge on any atom is -0.445 e. The summed E-state index contributed by atoms with van der Waals surface area (Å²) in [6.45, 7) is 4.41. The lowest BCUT2D eigenvalue weighted by Gasteiger charge is -2.14. The van der Waals surface area contributed by atoms with Gasteiger partial charge >= 0.3 is 0 Å². The molecule has 5 heteroatoms. The molecule has 0 aliphatic carbocycles. The molecule has 0 aliphatic rings. The lowest BCUT2D eigenvalue weighted by atomic mass is 10.1. The van der Waals surface area contributed by atoms with Crippen LogP contribution in [0.15, 0.2) is 33.3 Å². The van der Waals surface area contributed by atoms with Crippen molar-refractivity contribution in [2.75, 3.05) is 0 Å². The van der Waals surface area contributed by atoms with Crippen LogP contribution in [0.25, 0.3) is 0 Å². The maximum absolute atomic E-state index is 13.0. The van der Waals surface area contributed by atoms with Crippen molar-refractivity contribution in [3.63, 3.8) is 0 Å². The Bertz CT molecular complexity index is 542. The summed E-state index contributed by atoms with van der Waals surface area (Å²) >= 11 is 3.36. The van der Waals surface area contributed by atoms with E-state index in [9.17, 15) is 4.39 Å². The average molecular weight is 313 g/mol. The first-order valence-corrected chi connectivity index (χ1v) is 6.45. The molecule has 0 fully saturated rings. The van der Waals surface area contributed by atoms with Gasteiger partial charge in [0.1, 0.15) is 11.6 Å².